The van der Waals surface area contributed by atoms with Crippen molar-refractivity contribution in [2.24, 2.45) is 5.41 Å². The summed E-state index contributed by atoms with van der Waals surface area (Å²) in [6.07, 6.45) is 2.93. The molecule has 0 amide bonds. The van der Waals surface area contributed by atoms with Gasteiger partial charge in [-0.05, 0) is 30.5 Å². The highest BCUT2D eigenvalue weighted by molar-refractivity contribution is 5.82. The Morgan fingerprint density at radius 1 is 1.43 bits per heavy atom. The molecule has 3 rings (SSSR count). The first-order valence-corrected chi connectivity index (χ1v) is 8.25. The van der Waals surface area contributed by atoms with Crippen LogP contribution in [0.1, 0.15) is 31.7 Å². The number of hydrogen-bond acceptors (Lipinski definition) is 3. The van der Waals surface area contributed by atoms with Gasteiger partial charge in [-0.2, -0.15) is 0 Å². The third-order valence-electron chi connectivity index (χ3n) is 5.06. The first-order valence-electron chi connectivity index (χ1n) is 8.25. The number of carboxylic acid groups (broad SMARTS) is 1. The first-order chi connectivity index (χ1) is 11.1. The number of carboxylic acids is 1. The van der Waals surface area contributed by atoms with Gasteiger partial charge in [-0.1, -0.05) is 25.5 Å². The third-order valence-corrected chi connectivity index (χ3v) is 5.06. The number of H-pyrrole nitrogens is 1. The normalized spacial score (nSPS) is 25.7. The number of aliphatic carboxylic acids is 1. The molecule has 1 fully saturated rings. The molecule has 124 valence electrons. The van der Waals surface area contributed by atoms with Crippen molar-refractivity contribution in [3.8, 4) is 0 Å². The van der Waals surface area contributed by atoms with E-state index in [-0.39, 0.29) is 0 Å². The summed E-state index contributed by atoms with van der Waals surface area (Å²) >= 11 is 0. The van der Waals surface area contributed by atoms with Gasteiger partial charge in [-0.25, -0.2) is 0 Å². The van der Waals surface area contributed by atoms with Crippen LogP contribution in [0.2, 0.25) is 0 Å². The number of aromatic nitrogens is 1. The molecule has 5 heteroatoms. The summed E-state index contributed by atoms with van der Waals surface area (Å²) in [7, 11) is 0. The summed E-state index contributed by atoms with van der Waals surface area (Å²) in [5, 5.41) is 21.2. The molecule has 5 nitrogen and oxygen atoms in total. The van der Waals surface area contributed by atoms with Crippen molar-refractivity contribution >= 4 is 16.9 Å². The van der Waals surface area contributed by atoms with Gasteiger partial charge in [0.1, 0.15) is 5.41 Å². The Labute approximate surface area is 135 Å². The monoisotopic (exact) mass is 316 g/mol. The molecule has 0 saturated carbocycles. The molecule has 0 unspecified atom stereocenters. The Morgan fingerprint density at radius 3 is 3.00 bits per heavy atom. The van der Waals surface area contributed by atoms with Crippen LogP contribution in [0.3, 0.4) is 0 Å². The van der Waals surface area contributed by atoms with Gasteiger partial charge < -0.3 is 15.2 Å². The number of nitrogens with one attached hydrogen (secondary N) is 1. The molecule has 1 aliphatic rings. The van der Waals surface area contributed by atoms with Gasteiger partial charge in [0.05, 0.1) is 6.10 Å². The number of benzene rings is 1. The number of hydrogen-bond donors (Lipinski definition) is 3. The number of nitrogens with zero attached hydrogens (tertiary/aromatic N) is 1. The van der Waals surface area contributed by atoms with Crippen LogP contribution < -0.4 is 0 Å². The maximum Gasteiger partial charge on any atom is 0.313 e. The number of likely N-dealkylation sites (tertiary alicyclic amines) is 1. The molecule has 2 atom stereocenters. The molecule has 2 heterocycles. The van der Waals surface area contributed by atoms with Crippen LogP contribution in [-0.4, -0.2) is 45.3 Å². The van der Waals surface area contributed by atoms with E-state index < -0.39 is 17.5 Å². The number of aromatic amines is 1. The molecule has 2 aromatic rings. The SMILES string of the molecule is CCC[C@@]1(C(=O)O)CN(Cc2cccc3[nH]ccc23)CC[C@H]1O. The third kappa shape index (κ3) is 2.86. The quantitative estimate of drug-likeness (QED) is 0.792. The Kier molecular flexibility index (Phi) is 4.41. The Balaban J connectivity index is 1.84. The molecule has 0 radical (unpaired) electrons. The van der Waals surface area contributed by atoms with E-state index in [1.165, 1.54) is 10.9 Å². The second-order valence-electron chi connectivity index (χ2n) is 6.58. The van der Waals surface area contributed by atoms with E-state index in [0.717, 1.165) is 18.5 Å². The molecule has 1 aliphatic heterocycles. The largest absolute Gasteiger partial charge is 0.481 e. The smallest absolute Gasteiger partial charge is 0.313 e. The van der Waals surface area contributed by atoms with E-state index >= 15 is 0 Å². The van der Waals surface area contributed by atoms with Crippen LogP contribution in [0.25, 0.3) is 10.9 Å². The number of rotatable bonds is 5. The molecular weight excluding hydrogens is 292 g/mol. The van der Waals surface area contributed by atoms with Crippen molar-refractivity contribution < 1.29 is 15.0 Å². The summed E-state index contributed by atoms with van der Waals surface area (Å²) in [5.74, 6) is -0.878. The second-order valence-corrected chi connectivity index (χ2v) is 6.58. The number of aliphatic hydroxyl groups excluding tert-OH is 1. The van der Waals surface area contributed by atoms with E-state index in [1.54, 1.807) is 0 Å². The summed E-state index contributed by atoms with van der Waals surface area (Å²) in [4.78, 5) is 17.2. The zero-order chi connectivity index (χ0) is 16.4. The molecule has 0 spiro atoms. The predicted octanol–water partition coefficient (Wildman–Crippen LogP) is 2.61. The summed E-state index contributed by atoms with van der Waals surface area (Å²) in [6.45, 7) is 3.80. The predicted molar refractivity (Wildman–Crippen MR) is 89.2 cm³/mol. The minimum atomic E-state index is -1.04. The van der Waals surface area contributed by atoms with Crippen LogP contribution >= 0.6 is 0 Å². The zero-order valence-corrected chi connectivity index (χ0v) is 13.5. The van der Waals surface area contributed by atoms with Gasteiger partial charge in [0.25, 0.3) is 0 Å². The zero-order valence-electron chi connectivity index (χ0n) is 13.5. The fourth-order valence-electron chi connectivity index (χ4n) is 3.84. The van der Waals surface area contributed by atoms with Crippen LogP contribution in [0, 0.1) is 5.41 Å². The number of fused-ring (bicyclic) bond motifs is 1. The van der Waals surface area contributed by atoms with E-state index in [0.29, 0.717) is 25.9 Å². The lowest BCUT2D eigenvalue weighted by molar-refractivity contribution is -0.164. The molecule has 0 bridgehead atoms. The topological polar surface area (TPSA) is 76.6 Å². The van der Waals surface area contributed by atoms with Crippen LogP contribution in [-0.2, 0) is 11.3 Å². The molecule has 1 aromatic heterocycles. The molecule has 3 N–H and O–H groups in total. The molecule has 1 saturated heterocycles. The van der Waals surface area contributed by atoms with Gasteiger partial charge >= 0.3 is 5.97 Å². The number of piperidine rings is 1. The summed E-state index contributed by atoms with van der Waals surface area (Å²) in [6, 6.07) is 8.20. The standard InChI is InChI=1S/C18H24N2O3/c1-2-8-18(17(22)23)12-20(10-7-16(18)21)11-13-4-3-5-15-14(13)6-9-19-15/h3-6,9,16,19,21H,2,7-8,10-12H2,1H3,(H,22,23)/t16-,18-/m1/s1. The highest BCUT2D eigenvalue weighted by Gasteiger charge is 2.48. The highest BCUT2D eigenvalue weighted by Crippen LogP contribution is 2.36. The lowest BCUT2D eigenvalue weighted by atomic mass is 9.74. The fourth-order valence-corrected chi connectivity index (χ4v) is 3.84. The molecule has 1 aromatic carbocycles. The maximum absolute atomic E-state index is 11.9. The van der Waals surface area contributed by atoms with E-state index in [2.05, 4.69) is 22.0 Å². The van der Waals surface area contributed by atoms with Gasteiger partial charge in [0, 0.05) is 36.7 Å². The molecular formula is C18H24N2O3. The average Bonchev–Trinajstić information content (AvgIpc) is 3.00. The van der Waals surface area contributed by atoms with Crippen molar-refractivity contribution in [1.82, 2.24) is 9.88 Å². The summed E-state index contributed by atoms with van der Waals surface area (Å²) < 4.78 is 0. The van der Waals surface area contributed by atoms with E-state index in [1.807, 2.05) is 25.3 Å². The lowest BCUT2D eigenvalue weighted by Gasteiger charge is -2.43. The van der Waals surface area contributed by atoms with Crippen molar-refractivity contribution in [3.63, 3.8) is 0 Å². The fraction of sp³-hybridized carbons (Fsp3) is 0.500. The van der Waals surface area contributed by atoms with Gasteiger partial charge in [-0.15, -0.1) is 0 Å². The minimum absolute atomic E-state index is 0.401. The Morgan fingerprint density at radius 2 is 2.26 bits per heavy atom. The number of aliphatic hydroxyl groups is 1. The van der Waals surface area contributed by atoms with Gasteiger partial charge in [-0.3, -0.25) is 9.69 Å². The van der Waals surface area contributed by atoms with Crippen molar-refractivity contribution in [1.29, 1.82) is 0 Å². The average molecular weight is 316 g/mol. The minimum Gasteiger partial charge on any atom is -0.481 e. The van der Waals surface area contributed by atoms with Crippen molar-refractivity contribution in [2.75, 3.05) is 13.1 Å². The van der Waals surface area contributed by atoms with Crippen LogP contribution in [0.5, 0.6) is 0 Å². The molecule has 0 aliphatic carbocycles. The highest BCUT2D eigenvalue weighted by atomic mass is 16.4. The van der Waals surface area contributed by atoms with E-state index in [9.17, 15) is 15.0 Å². The van der Waals surface area contributed by atoms with Gasteiger partial charge in [0.15, 0.2) is 0 Å². The number of carbonyl (C=O) groups is 1. The lowest BCUT2D eigenvalue weighted by Crippen LogP contribution is -2.55. The summed E-state index contributed by atoms with van der Waals surface area (Å²) in [5.41, 5.74) is 1.24. The second kappa shape index (κ2) is 6.34. The first kappa shape index (κ1) is 16.0. The van der Waals surface area contributed by atoms with Crippen LogP contribution in [0.4, 0.5) is 0 Å². The maximum atomic E-state index is 11.9. The van der Waals surface area contributed by atoms with Crippen LogP contribution in [0.15, 0.2) is 30.5 Å². The van der Waals surface area contributed by atoms with Crippen molar-refractivity contribution in [2.45, 2.75) is 38.8 Å². The van der Waals surface area contributed by atoms with Crippen molar-refractivity contribution in [3.05, 3.63) is 36.0 Å². The Hall–Kier alpha value is -1.85. The van der Waals surface area contributed by atoms with E-state index in [4.69, 9.17) is 0 Å². The Bertz CT molecular complexity index is 696. The molecule has 23 heavy (non-hydrogen) atoms. The van der Waals surface area contributed by atoms with Gasteiger partial charge in [0.2, 0.25) is 0 Å².